The van der Waals surface area contributed by atoms with E-state index in [1.54, 1.807) is 17.5 Å². The van der Waals surface area contributed by atoms with Gasteiger partial charge in [0.1, 0.15) is 5.01 Å². The zero-order valence-electron chi connectivity index (χ0n) is 11.7. The summed E-state index contributed by atoms with van der Waals surface area (Å²) >= 11 is 7.63. The van der Waals surface area contributed by atoms with Gasteiger partial charge in [-0.05, 0) is 30.9 Å². The van der Waals surface area contributed by atoms with Crippen LogP contribution in [0, 0.1) is 0 Å². The van der Waals surface area contributed by atoms with Crippen molar-refractivity contribution in [2.45, 2.75) is 45.2 Å². The molecule has 0 bridgehead atoms. The molecule has 3 nitrogen and oxygen atoms in total. The third-order valence-corrected chi connectivity index (χ3v) is 4.67. The van der Waals surface area contributed by atoms with Crippen molar-refractivity contribution in [3.05, 3.63) is 33.9 Å². The van der Waals surface area contributed by atoms with Crippen LogP contribution in [-0.2, 0) is 6.54 Å². The standard InChI is InChI=1S/C15H18ClN3S/c1-9(2)14-13(8-17-11-4-5-11)20-15(19-14)12-6-3-10(16)7-18-12/h3,6-7,9,11,17H,4-5,8H2,1-2H3. The highest BCUT2D eigenvalue weighted by Gasteiger charge is 2.22. The lowest BCUT2D eigenvalue weighted by Crippen LogP contribution is -2.15. The van der Waals surface area contributed by atoms with Crippen molar-refractivity contribution in [3.8, 4) is 10.7 Å². The van der Waals surface area contributed by atoms with Gasteiger partial charge >= 0.3 is 0 Å². The van der Waals surface area contributed by atoms with Crippen LogP contribution >= 0.6 is 22.9 Å². The summed E-state index contributed by atoms with van der Waals surface area (Å²) in [6, 6.07) is 4.51. The minimum atomic E-state index is 0.434. The molecule has 0 aliphatic heterocycles. The molecule has 0 saturated heterocycles. The molecule has 0 unspecified atom stereocenters. The van der Waals surface area contributed by atoms with Gasteiger partial charge in [0.25, 0.3) is 0 Å². The normalized spacial score (nSPS) is 15.0. The molecule has 1 aliphatic rings. The molecule has 1 saturated carbocycles. The number of aromatic nitrogens is 2. The number of pyridine rings is 1. The van der Waals surface area contributed by atoms with E-state index in [4.69, 9.17) is 16.6 Å². The summed E-state index contributed by atoms with van der Waals surface area (Å²) < 4.78 is 0. The zero-order valence-corrected chi connectivity index (χ0v) is 13.3. The number of hydrogen-bond donors (Lipinski definition) is 1. The molecule has 0 atom stereocenters. The van der Waals surface area contributed by atoms with E-state index in [9.17, 15) is 0 Å². The Balaban J connectivity index is 1.86. The van der Waals surface area contributed by atoms with Crippen LogP contribution in [0.3, 0.4) is 0 Å². The Hall–Kier alpha value is -0.970. The smallest absolute Gasteiger partial charge is 0.142 e. The van der Waals surface area contributed by atoms with Gasteiger partial charge < -0.3 is 5.32 Å². The van der Waals surface area contributed by atoms with Gasteiger partial charge in [-0.25, -0.2) is 4.98 Å². The predicted octanol–water partition coefficient (Wildman–Crippen LogP) is 4.23. The lowest BCUT2D eigenvalue weighted by Gasteiger charge is -2.05. The molecule has 0 amide bonds. The van der Waals surface area contributed by atoms with Crippen molar-refractivity contribution >= 4 is 22.9 Å². The summed E-state index contributed by atoms with van der Waals surface area (Å²) in [6.07, 6.45) is 4.29. The zero-order chi connectivity index (χ0) is 14.1. The molecule has 1 aliphatic carbocycles. The van der Waals surface area contributed by atoms with Gasteiger partial charge in [0, 0.05) is 23.7 Å². The second-order valence-corrected chi connectivity index (χ2v) is 7.02. The molecule has 2 aromatic heterocycles. The Labute approximate surface area is 128 Å². The Kier molecular flexibility index (Phi) is 4.06. The molecule has 1 fully saturated rings. The van der Waals surface area contributed by atoms with Gasteiger partial charge in [-0.15, -0.1) is 11.3 Å². The fraction of sp³-hybridized carbons (Fsp3) is 0.467. The van der Waals surface area contributed by atoms with Crippen molar-refractivity contribution in [1.29, 1.82) is 0 Å². The van der Waals surface area contributed by atoms with Gasteiger partial charge in [0.15, 0.2) is 0 Å². The van der Waals surface area contributed by atoms with Crippen molar-refractivity contribution in [1.82, 2.24) is 15.3 Å². The number of nitrogens with zero attached hydrogens (tertiary/aromatic N) is 2. The highest BCUT2D eigenvalue weighted by molar-refractivity contribution is 7.15. The molecule has 2 heterocycles. The molecular weight excluding hydrogens is 290 g/mol. The third-order valence-electron chi connectivity index (χ3n) is 3.35. The van der Waals surface area contributed by atoms with E-state index in [-0.39, 0.29) is 0 Å². The Bertz CT molecular complexity index is 588. The van der Waals surface area contributed by atoms with Crippen molar-refractivity contribution in [2.75, 3.05) is 0 Å². The van der Waals surface area contributed by atoms with E-state index in [2.05, 4.69) is 24.1 Å². The largest absolute Gasteiger partial charge is 0.309 e. The number of thiazole rings is 1. The Morgan fingerprint density at radius 3 is 2.80 bits per heavy atom. The third kappa shape index (κ3) is 3.19. The molecular formula is C15H18ClN3S. The minimum absolute atomic E-state index is 0.434. The molecule has 1 N–H and O–H groups in total. The highest BCUT2D eigenvalue weighted by atomic mass is 35.5. The van der Waals surface area contributed by atoms with Crippen LogP contribution in [0.15, 0.2) is 18.3 Å². The first-order valence-electron chi connectivity index (χ1n) is 6.98. The van der Waals surface area contributed by atoms with Crippen LogP contribution in [0.25, 0.3) is 10.7 Å². The lowest BCUT2D eigenvalue weighted by atomic mass is 10.1. The maximum Gasteiger partial charge on any atom is 0.142 e. The van der Waals surface area contributed by atoms with E-state index in [0.717, 1.165) is 17.2 Å². The number of hydrogen-bond acceptors (Lipinski definition) is 4. The first kappa shape index (κ1) is 14.0. The molecule has 5 heteroatoms. The summed E-state index contributed by atoms with van der Waals surface area (Å²) in [6.45, 7) is 5.30. The quantitative estimate of drug-likeness (QED) is 0.898. The van der Waals surface area contributed by atoms with Crippen LogP contribution in [0.1, 0.15) is 43.2 Å². The van der Waals surface area contributed by atoms with Gasteiger partial charge in [-0.1, -0.05) is 25.4 Å². The second-order valence-electron chi connectivity index (χ2n) is 5.50. The van der Waals surface area contributed by atoms with Crippen LogP contribution < -0.4 is 5.32 Å². The summed E-state index contributed by atoms with van der Waals surface area (Å²) in [5.41, 5.74) is 2.09. The highest BCUT2D eigenvalue weighted by Crippen LogP contribution is 2.32. The second kappa shape index (κ2) is 5.80. The first-order chi connectivity index (χ1) is 9.63. The molecule has 3 rings (SSSR count). The predicted molar refractivity (Wildman–Crippen MR) is 84.3 cm³/mol. The molecule has 106 valence electrons. The molecule has 20 heavy (non-hydrogen) atoms. The lowest BCUT2D eigenvalue weighted by molar-refractivity contribution is 0.681. The van der Waals surface area contributed by atoms with Crippen molar-refractivity contribution in [3.63, 3.8) is 0 Å². The van der Waals surface area contributed by atoms with E-state index in [1.165, 1.54) is 23.4 Å². The number of nitrogens with one attached hydrogen (secondary N) is 1. The average Bonchev–Trinajstić information content (AvgIpc) is 3.15. The molecule has 0 aromatic carbocycles. The van der Waals surface area contributed by atoms with E-state index in [1.807, 2.05) is 12.1 Å². The van der Waals surface area contributed by atoms with Crippen LogP contribution in [0.5, 0.6) is 0 Å². The minimum Gasteiger partial charge on any atom is -0.309 e. The van der Waals surface area contributed by atoms with Crippen LogP contribution in [-0.4, -0.2) is 16.0 Å². The molecule has 0 radical (unpaired) electrons. The van der Waals surface area contributed by atoms with E-state index < -0.39 is 0 Å². The summed E-state index contributed by atoms with van der Waals surface area (Å²) in [5.74, 6) is 0.434. The first-order valence-corrected chi connectivity index (χ1v) is 8.18. The topological polar surface area (TPSA) is 37.8 Å². The monoisotopic (exact) mass is 307 g/mol. The SMILES string of the molecule is CC(C)c1nc(-c2ccc(Cl)cn2)sc1CNC1CC1. The van der Waals surface area contributed by atoms with Crippen LogP contribution in [0.2, 0.25) is 5.02 Å². The maximum absolute atomic E-state index is 5.89. The van der Waals surface area contributed by atoms with Gasteiger partial charge in [0.2, 0.25) is 0 Å². The van der Waals surface area contributed by atoms with Crippen LogP contribution in [0.4, 0.5) is 0 Å². The van der Waals surface area contributed by atoms with Crippen molar-refractivity contribution < 1.29 is 0 Å². The van der Waals surface area contributed by atoms with Gasteiger partial charge in [-0.2, -0.15) is 0 Å². The Morgan fingerprint density at radius 1 is 1.40 bits per heavy atom. The van der Waals surface area contributed by atoms with E-state index >= 15 is 0 Å². The Morgan fingerprint density at radius 2 is 2.20 bits per heavy atom. The molecule has 2 aromatic rings. The number of rotatable bonds is 5. The van der Waals surface area contributed by atoms with Gasteiger partial charge in [0.05, 0.1) is 16.4 Å². The molecule has 0 spiro atoms. The van der Waals surface area contributed by atoms with Crippen molar-refractivity contribution in [2.24, 2.45) is 0 Å². The summed E-state index contributed by atoms with van der Waals surface area (Å²) in [5, 5.41) is 5.21. The summed E-state index contributed by atoms with van der Waals surface area (Å²) in [7, 11) is 0. The summed E-state index contributed by atoms with van der Waals surface area (Å²) in [4.78, 5) is 10.5. The fourth-order valence-corrected chi connectivity index (χ4v) is 3.33. The van der Waals surface area contributed by atoms with E-state index in [0.29, 0.717) is 17.0 Å². The average molecular weight is 308 g/mol. The number of halogens is 1. The van der Waals surface area contributed by atoms with Gasteiger partial charge in [-0.3, -0.25) is 4.98 Å². The fourth-order valence-electron chi connectivity index (χ4n) is 2.08. The maximum atomic E-state index is 5.89.